The van der Waals surface area contributed by atoms with Crippen molar-refractivity contribution in [3.63, 3.8) is 0 Å². The second kappa shape index (κ2) is 5.02. The zero-order valence-corrected chi connectivity index (χ0v) is 10.1. The minimum Gasteiger partial charge on any atom is -0.335 e. The van der Waals surface area contributed by atoms with Crippen molar-refractivity contribution in [1.29, 1.82) is 0 Å². The van der Waals surface area contributed by atoms with Crippen LogP contribution in [0.1, 0.15) is 50.8 Å². The van der Waals surface area contributed by atoms with Gasteiger partial charge in [-0.2, -0.15) is 0 Å². The lowest BCUT2D eigenvalue weighted by molar-refractivity contribution is 0.533. The molecule has 0 N–H and O–H groups in total. The lowest BCUT2D eigenvalue weighted by Gasteiger charge is -2.19. The van der Waals surface area contributed by atoms with Crippen LogP contribution < -0.4 is 0 Å². The third-order valence-corrected chi connectivity index (χ3v) is 3.87. The van der Waals surface area contributed by atoms with E-state index in [-0.39, 0.29) is 5.38 Å². The van der Waals surface area contributed by atoms with E-state index in [0.29, 0.717) is 5.92 Å². The molecule has 1 fully saturated rings. The predicted molar refractivity (Wildman–Crippen MR) is 63.4 cm³/mol. The molecule has 15 heavy (non-hydrogen) atoms. The molecule has 0 aromatic carbocycles. The summed E-state index contributed by atoms with van der Waals surface area (Å²) in [4.78, 5) is 4.48. The van der Waals surface area contributed by atoms with Crippen molar-refractivity contribution in [3.05, 3.63) is 18.2 Å². The summed E-state index contributed by atoms with van der Waals surface area (Å²) < 4.78 is 2.23. The molecule has 0 spiro atoms. The zero-order valence-electron chi connectivity index (χ0n) is 9.32. The van der Waals surface area contributed by atoms with E-state index < -0.39 is 0 Å². The molecule has 2 unspecified atom stereocenters. The van der Waals surface area contributed by atoms with E-state index in [2.05, 4.69) is 22.7 Å². The highest BCUT2D eigenvalue weighted by Gasteiger charge is 2.26. The minimum atomic E-state index is 0.278. The predicted octanol–water partition coefficient (Wildman–Crippen LogP) is 3.56. The van der Waals surface area contributed by atoms with Crippen molar-refractivity contribution in [2.75, 3.05) is 0 Å². The van der Waals surface area contributed by atoms with Crippen LogP contribution in [0, 0.1) is 0 Å². The summed E-state index contributed by atoms with van der Waals surface area (Å²) in [6.07, 6.45) is 10.2. The van der Waals surface area contributed by atoms with Crippen molar-refractivity contribution in [2.24, 2.45) is 0 Å². The highest BCUT2D eigenvalue weighted by atomic mass is 35.5. The van der Waals surface area contributed by atoms with Gasteiger partial charge in [-0.15, -0.1) is 11.6 Å². The summed E-state index contributed by atoms with van der Waals surface area (Å²) in [5.41, 5.74) is 0. The second-order valence-corrected chi connectivity index (χ2v) is 4.89. The molecule has 1 heterocycles. The lowest BCUT2D eigenvalue weighted by Crippen LogP contribution is -2.16. The van der Waals surface area contributed by atoms with E-state index in [1.165, 1.54) is 31.5 Å². The quantitative estimate of drug-likeness (QED) is 0.557. The maximum absolute atomic E-state index is 6.45. The number of imidazole rings is 1. The smallest absolute Gasteiger partial charge is 0.113 e. The van der Waals surface area contributed by atoms with Crippen molar-refractivity contribution in [3.8, 4) is 0 Å². The fourth-order valence-electron chi connectivity index (χ4n) is 2.47. The van der Waals surface area contributed by atoms with Crippen LogP contribution in [-0.4, -0.2) is 14.9 Å². The molecule has 3 heteroatoms. The minimum absolute atomic E-state index is 0.278. The number of alkyl halides is 1. The molecule has 1 aromatic heterocycles. The number of aromatic nitrogens is 2. The summed E-state index contributed by atoms with van der Waals surface area (Å²) in [5.74, 6) is 1.66. The molecule has 1 aliphatic rings. The highest BCUT2D eigenvalue weighted by molar-refractivity contribution is 6.21. The van der Waals surface area contributed by atoms with Gasteiger partial charge in [0.1, 0.15) is 5.82 Å². The molecule has 1 aliphatic carbocycles. The van der Waals surface area contributed by atoms with Gasteiger partial charge < -0.3 is 4.57 Å². The Morgan fingerprint density at radius 3 is 3.00 bits per heavy atom. The molecule has 0 bridgehead atoms. The Morgan fingerprint density at radius 2 is 2.20 bits per heavy atom. The molecule has 0 radical (unpaired) electrons. The van der Waals surface area contributed by atoms with Gasteiger partial charge in [0.25, 0.3) is 0 Å². The molecule has 0 saturated heterocycles. The fourth-order valence-corrected chi connectivity index (χ4v) is 2.86. The molecule has 1 saturated carbocycles. The molecule has 0 aliphatic heterocycles. The Labute approximate surface area is 96.7 Å². The summed E-state index contributed by atoms with van der Waals surface area (Å²) >= 11 is 6.45. The van der Waals surface area contributed by atoms with Gasteiger partial charge in [0.05, 0.1) is 0 Å². The van der Waals surface area contributed by atoms with Gasteiger partial charge in [-0.3, -0.25) is 0 Å². The Kier molecular flexibility index (Phi) is 3.68. The van der Waals surface area contributed by atoms with Crippen LogP contribution in [0.3, 0.4) is 0 Å². The average molecular weight is 227 g/mol. The Bertz CT molecular complexity index is 308. The monoisotopic (exact) mass is 226 g/mol. The molecule has 1 aromatic rings. The van der Waals surface area contributed by atoms with Crippen LogP contribution in [0.15, 0.2) is 12.4 Å². The molecule has 2 rings (SSSR count). The first kappa shape index (κ1) is 11.0. The number of hydrogen-bond donors (Lipinski definition) is 0. The molecule has 0 amide bonds. The first-order valence-electron chi connectivity index (χ1n) is 5.98. The van der Waals surface area contributed by atoms with Crippen LogP contribution in [0.5, 0.6) is 0 Å². The van der Waals surface area contributed by atoms with Crippen molar-refractivity contribution >= 4 is 11.6 Å². The fraction of sp³-hybridized carbons (Fsp3) is 0.750. The molecular formula is C12H19ClN2. The number of halogens is 1. The van der Waals surface area contributed by atoms with E-state index in [1.54, 1.807) is 0 Å². The Morgan fingerprint density at radius 1 is 1.40 bits per heavy atom. The average Bonchev–Trinajstić information content (AvgIpc) is 2.61. The third-order valence-electron chi connectivity index (χ3n) is 3.35. The SMILES string of the molecule is CCn1ccnc1C1CCCCCC1Cl. The lowest BCUT2D eigenvalue weighted by atomic mass is 9.99. The van der Waals surface area contributed by atoms with Gasteiger partial charge in [-0.1, -0.05) is 19.3 Å². The van der Waals surface area contributed by atoms with Gasteiger partial charge in [0.15, 0.2) is 0 Å². The largest absolute Gasteiger partial charge is 0.335 e. The second-order valence-electron chi connectivity index (χ2n) is 4.33. The van der Waals surface area contributed by atoms with Crippen LogP contribution in [0.25, 0.3) is 0 Å². The highest BCUT2D eigenvalue weighted by Crippen LogP contribution is 2.34. The van der Waals surface area contributed by atoms with Crippen LogP contribution in [-0.2, 0) is 6.54 Å². The van der Waals surface area contributed by atoms with Crippen LogP contribution in [0.4, 0.5) is 0 Å². The van der Waals surface area contributed by atoms with Crippen molar-refractivity contribution in [1.82, 2.24) is 9.55 Å². The van der Waals surface area contributed by atoms with E-state index >= 15 is 0 Å². The molecule has 2 atom stereocenters. The summed E-state index contributed by atoms with van der Waals surface area (Å²) in [7, 11) is 0. The van der Waals surface area contributed by atoms with E-state index in [1.807, 2.05) is 6.20 Å². The first-order valence-corrected chi connectivity index (χ1v) is 6.41. The van der Waals surface area contributed by atoms with Gasteiger partial charge in [-0.05, 0) is 19.8 Å². The third kappa shape index (κ3) is 2.36. The van der Waals surface area contributed by atoms with E-state index in [9.17, 15) is 0 Å². The maximum atomic E-state index is 6.45. The van der Waals surface area contributed by atoms with Crippen LogP contribution in [0.2, 0.25) is 0 Å². The van der Waals surface area contributed by atoms with Gasteiger partial charge in [0.2, 0.25) is 0 Å². The maximum Gasteiger partial charge on any atom is 0.113 e. The Hall–Kier alpha value is -0.500. The zero-order chi connectivity index (χ0) is 10.7. The van der Waals surface area contributed by atoms with Crippen molar-refractivity contribution < 1.29 is 0 Å². The molecule has 84 valence electrons. The topological polar surface area (TPSA) is 17.8 Å². The van der Waals surface area contributed by atoms with Gasteiger partial charge >= 0.3 is 0 Å². The molecule has 2 nitrogen and oxygen atoms in total. The number of hydrogen-bond acceptors (Lipinski definition) is 1. The summed E-state index contributed by atoms with van der Waals surface area (Å²) in [6.45, 7) is 3.15. The van der Waals surface area contributed by atoms with E-state index in [4.69, 9.17) is 11.6 Å². The van der Waals surface area contributed by atoms with E-state index in [0.717, 1.165) is 13.0 Å². The van der Waals surface area contributed by atoms with Crippen LogP contribution >= 0.6 is 11.6 Å². The standard InChI is InChI=1S/C12H19ClN2/c1-2-15-9-8-14-12(15)10-6-4-3-5-7-11(10)13/h8-11H,2-7H2,1H3. The Balaban J connectivity index is 2.19. The molecular weight excluding hydrogens is 208 g/mol. The summed E-state index contributed by atoms with van der Waals surface area (Å²) in [5, 5.41) is 0.278. The normalized spacial score (nSPS) is 27.6. The van der Waals surface area contributed by atoms with Gasteiger partial charge in [0, 0.05) is 30.2 Å². The first-order chi connectivity index (χ1) is 7.33. The van der Waals surface area contributed by atoms with Crippen molar-refractivity contribution in [2.45, 2.75) is 56.9 Å². The summed E-state index contributed by atoms with van der Waals surface area (Å²) in [6, 6.07) is 0. The number of aryl methyl sites for hydroxylation is 1. The number of rotatable bonds is 2. The number of nitrogens with zero attached hydrogens (tertiary/aromatic N) is 2. The van der Waals surface area contributed by atoms with Gasteiger partial charge in [-0.25, -0.2) is 4.98 Å².